The summed E-state index contributed by atoms with van der Waals surface area (Å²) < 4.78 is 0. The van der Waals surface area contributed by atoms with Crippen LogP contribution in [-0.2, 0) is 19.5 Å². The Morgan fingerprint density at radius 3 is 2.41 bits per heavy atom. The first kappa shape index (κ1) is 24.9. The van der Waals surface area contributed by atoms with E-state index < -0.39 is 0 Å². The van der Waals surface area contributed by atoms with Gasteiger partial charge in [-0.25, -0.2) is 0 Å². The third kappa shape index (κ3) is 8.41. The number of benzene rings is 2. The summed E-state index contributed by atoms with van der Waals surface area (Å²) in [6.45, 7) is 2.36. The fourth-order valence-electron chi connectivity index (χ4n) is 2.96. The summed E-state index contributed by atoms with van der Waals surface area (Å²) in [5.41, 5.74) is 4.36. The highest BCUT2D eigenvalue weighted by atomic mass is 127. The van der Waals surface area contributed by atoms with Gasteiger partial charge in [0.25, 0.3) is 5.91 Å². The molecule has 7 heteroatoms. The molecule has 29 heavy (non-hydrogen) atoms. The molecule has 6 nitrogen and oxygen atoms in total. The lowest BCUT2D eigenvalue weighted by molar-refractivity contribution is 0.0963. The highest BCUT2D eigenvalue weighted by Gasteiger charge is 2.06. The van der Waals surface area contributed by atoms with E-state index in [1.165, 1.54) is 11.1 Å². The second-order valence-corrected chi connectivity index (χ2v) is 6.89. The van der Waals surface area contributed by atoms with E-state index in [0.717, 1.165) is 37.6 Å². The fraction of sp³-hybridized carbons (Fsp3) is 0.364. The second kappa shape index (κ2) is 13.2. The lowest BCUT2D eigenvalue weighted by Crippen LogP contribution is -2.38. The minimum absolute atomic E-state index is 0. The first-order chi connectivity index (χ1) is 13.5. The normalized spacial score (nSPS) is 11.0. The van der Waals surface area contributed by atoms with Gasteiger partial charge in [0.1, 0.15) is 0 Å². The second-order valence-electron chi connectivity index (χ2n) is 6.89. The fourth-order valence-corrected chi connectivity index (χ4v) is 2.96. The number of halogens is 1. The van der Waals surface area contributed by atoms with Gasteiger partial charge in [-0.1, -0.05) is 36.4 Å². The van der Waals surface area contributed by atoms with Crippen LogP contribution >= 0.6 is 24.0 Å². The summed E-state index contributed by atoms with van der Waals surface area (Å²) in [4.78, 5) is 18.2. The topological polar surface area (TPSA) is 68.8 Å². The number of guanidine groups is 1. The van der Waals surface area contributed by atoms with E-state index in [4.69, 9.17) is 0 Å². The Labute approximate surface area is 191 Å². The van der Waals surface area contributed by atoms with E-state index in [-0.39, 0.29) is 29.9 Å². The van der Waals surface area contributed by atoms with Crippen LogP contribution in [0.1, 0.15) is 27.0 Å². The Morgan fingerprint density at radius 2 is 1.76 bits per heavy atom. The Bertz CT molecular complexity index is 807. The largest absolute Gasteiger partial charge is 0.356 e. The van der Waals surface area contributed by atoms with Crippen molar-refractivity contribution in [1.29, 1.82) is 0 Å². The molecule has 0 unspecified atom stereocenters. The maximum Gasteiger partial charge on any atom is 0.251 e. The van der Waals surface area contributed by atoms with Crippen molar-refractivity contribution in [2.45, 2.75) is 19.5 Å². The van der Waals surface area contributed by atoms with Crippen LogP contribution in [0, 0.1) is 0 Å². The lowest BCUT2D eigenvalue weighted by atomic mass is 10.1. The van der Waals surface area contributed by atoms with Crippen molar-refractivity contribution in [3.8, 4) is 0 Å². The molecule has 0 radical (unpaired) electrons. The quantitative estimate of drug-likeness (QED) is 0.291. The van der Waals surface area contributed by atoms with Gasteiger partial charge >= 0.3 is 0 Å². The zero-order valence-corrected chi connectivity index (χ0v) is 20.0. The van der Waals surface area contributed by atoms with Crippen LogP contribution in [0.3, 0.4) is 0 Å². The molecule has 0 aromatic heterocycles. The number of hydrogen-bond acceptors (Lipinski definition) is 3. The SMILES string of the molecule is CN=C(NCCc1cccc(C(=O)NC)c1)NCc1ccccc1CN(C)C.I. The lowest BCUT2D eigenvalue weighted by Gasteiger charge is -2.16. The van der Waals surface area contributed by atoms with Crippen molar-refractivity contribution in [3.63, 3.8) is 0 Å². The van der Waals surface area contributed by atoms with E-state index in [2.05, 4.69) is 64.2 Å². The van der Waals surface area contributed by atoms with Crippen molar-refractivity contribution in [2.24, 2.45) is 4.99 Å². The van der Waals surface area contributed by atoms with Crippen LogP contribution in [0.2, 0.25) is 0 Å². The molecule has 2 aromatic rings. The molecule has 0 aliphatic heterocycles. The molecule has 0 aliphatic rings. The number of carbonyl (C=O) groups is 1. The first-order valence-corrected chi connectivity index (χ1v) is 9.50. The van der Waals surface area contributed by atoms with Crippen LogP contribution in [0.4, 0.5) is 0 Å². The van der Waals surface area contributed by atoms with Crippen LogP contribution in [0.15, 0.2) is 53.5 Å². The molecule has 0 fully saturated rings. The average Bonchev–Trinajstić information content (AvgIpc) is 2.70. The summed E-state index contributed by atoms with van der Waals surface area (Å²) in [6, 6.07) is 16.1. The molecule has 0 atom stereocenters. The molecule has 0 saturated heterocycles. The summed E-state index contributed by atoms with van der Waals surface area (Å²) in [5.74, 6) is 0.700. The smallest absolute Gasteiger partial charge is 0.251 e. The summed E-state index contributed by atoms with van der Waals surface area (Å²) in [6.07, 6.45) is 0.808. The Morgan fingerprint density at radius 1 is 1.03 bits per heavy atom. The van der Waals surface area contributed by atoms with Crippen molar-refractivity contribution in [1.82, 2.24) is 20.9 Å². The number of aliphatic imine (C=N–C) groups is 1. The highest BCUT2D eigenvalue weighted by molar-refractivity contribution is 14.0. The third-order valence-corrected chi connectivity index (χ3v) is 4.40. The minimum atomic E-state index is -0.0660. The maximum atomic E-state index is 11.7. The van der Waals surface area contributed by atoms with Gasteiger partial charge in [0.05, 0.1) is 0 Å². The minimum Gasteiger partial charge on any atom is -0.356 e. The van der Waals surface area contributed by atoms with Crippen LogP contribution in [0.25, 0.3) is 0 Å². The Kier molecular flexibility index (Phi) is 11.3. The highest BCUT2D eigenvalue weighted by Crippen LogP contribution is 2.10. The van der Waals surface area contributed by atoms with Crippen LogP contribution in [-0.4, -0.2) is 51.5 Å². The van der Waals surface area contributed by atoms with Crippen molar-refractivity contribution in [2.75, 3.05) is 34.7 Å². The van der Waals surface area contributed by atoms with Gasteiger partial charge in [-0.05, 0) is 49.3 Å². The first-order valence-electron chi connectivity index (χ1n) is 9.50. The van der Waals surface area contributed by atoms with E-state index in [0.29, 0.717) is 5.56 Å². The Hall–Kier alpha value is -2.13. The number of nitrogens with zero attached hydrogens (tertiary/aromatic N) is 2. The third-order valence-electron chi connectivity index (χ3n) is 4.40. The standard InChI is InChI=1S/C22H31N5O.HI/c1-23-21(28)18-11-7-8-17(14-18)12-13-25-22(24-2)26-15-19-9-5-6-10-20(19)16-27(3)4;/h5-11,14H,12-13,15-16H2,1-4H3,(H,23,28)(H2,24,25,26);1H. The monoisotopic (exact) mass is 509 g/mol. The van der Waals surface area contributed by atoms with Gasteiger partial charge < -0.3 is 20.9 Å². The molecule has 0 saturated carbocycles. The van der Waals surface area contributed by atoms with Crippen LogP contribution < -0.4 is 16.0 Å². The van der Waals surface area contributed by atoms with Crippen molar-refractivity contribution >= 4 is 35.8 Å². The van der Waals surface area contributed by atoms with Gasteiger partial charge in [0.15, 0.2) is 5.96 Å². The number of rotatable bonds is 8. The Balaban J connectivity index is 0.00000420. The molecule has 158 valence electrons. The average molecular weight is 509 g/mol. The van der Waals surface area contributed by atoms with E-state index >= 15 is 0 Å². The zero-order chi connectivity index (χ0) is 20.4. The molecule has 0 aliphatic carbocycles. The van der Waals surface area contributed by atoms with Gasteiger partial charge in [0.2, 0.25) is 0 Å². The number of hydrogen-bond donors (Lipinski definition) is 3. The van der Waals surface area contributed by atoms with Crippen molar-refractivity contribution < 1.29 is 4.79 Å². The molecule has 1 amide bonds. The van der Waals surface area contributed by atoms with E-state index in [1.54, 1.807) is 14.1 Å². The predicted molar refractivity (Wildman–Crippen MR) is 131 cm³/mol. The number of amides is 1. The molecule has 2 rings (SSSR count). The van der Waals surface area contributed by atoms with Crippen LogP contribution in [0.5, 0.6) is 0 Å². The van der Waals surface area contributed by atoms with E-state index in [1.807, 2.05) is 24.3 Å². The van der Waals surface area contributed by atoms with Crippen molar-refractivity contribution in [3.05, 3.63) is 70.8 Å². The maximum absolute atomic E-state index is 11.7. The molecule has 0 heterocycles. The van der Waals surface area contributed by atoms with E-state index in [9.17, 15) is 4.79 Å². The van der Waals surface area contributed by atoms with Gasteiger partial charge in [-0.3, -0.25) is 9.79 Å². The predicted octanol–water partition coefficient (Wildman–Crippen LogP) is 2.63. The summed E-state index contributed by atoms with van der Waals surface area (Å²) in [7, 11) is 7.56. The summed E-state index contributed by atoms with van der Waals surface area (Å²) >= 11 is 0. The van der Waals surface area contributed by atoms with Gasteiger partial charge in [-0.15, -0.1) is 24.0 Å². The molecule has 0 bridgehead atoms. The molecule has 3 N–H and O–H groups in total. The molecule has 2 aromatic carbocycles. The molecule has 0 spiro atoms. The van der Waals surface area contributed by atoms with Gasteiger partial charge in [-0.2, -0.15) is 0 Å². The number of carbonyl (C=O) groups excluding carboxylic acids is 1. The molecular formula is C22H32IN5O. The summed E-state index contributed by atoms with van der Waals surface area (Å²) in [5, 5.41) is 9.37. The zero-order valence-electron chi connectivity index (χ0n) is 17.7. The van der Waals surface area contributed by atoms with Gasteiger partial charge in [0, 0.05) is 39.3 Å². The number of nitrogens with one attached hydrogen (secondary N) is 3. The molecular weight excluding hydrogens is 477 g/mol.